The van der Waals surface area contributed by atoms with Crippen LogP contribution in [0.4, 0.5) is 0 Å². The van der Waals surface area contributed by atoms with E-state index in [0.29, 0.717) is 12.2 Å². The minimum atomic E-state index is 0.218. The molecule has 0 spiro atoms. The van der Waals surface area contributed by atoms with Crippen LogP contribution in [0.3, 0.4) is 0 Å². The Morgan fingerprint density at radius 3 is 3.10 bits per heavy atom. The van der Waals surface area contributed by atoms with Crippen LogP contribution in [-0.2, 0) is 6.42 Å². The highest BCUT2D eigenvalue weighted by atomic mass is 16.5. The first-order valence-corrected chi connectivity index (χ1v) is 7.48. The van der Waals surface area contributed by atoms with Crippen LogP contribution in [0.15, 0.2) is 24.0 Å². The van der Waals surface area contributed by atoms with Gasteiger partial charge in [0.05, 0.1) is 0 Å². The van der Waals surface area contributed by atoms with Crippen molar-refractivity contribution in [3.63, 3.8) is 0 Å². The standard InChI is InChI=1S/C15H22BN3O2/c1-10-14(3-2-11-4-5-16-21-15(10)11)20-13-8-19(9-13)7-12(18)6-17/h2-3,6,13,16H,4-5,7-9,17-18H2,1H3/b12-6-. The first-order valence-electron chi connectivity index (χ1n) is 7.48. The van der Waals surface area contributed by atoms with Gasteiger partial charge in [-0.1, -0.05) is 6.07 Å². The first-order chi connectivity index (χ1) is 10.2. The molecule has 2 aliphatic heterocycles. The van der Waals surface area contributed by atoms with E-state index in [1.807, 2.05) is 0 Å². The molecule has 1 aromatic carbocycles. The second-order valence-electron chi connectivity index (χ2n) is 5.80. The fourth-order valence-corrected chi connectivity index (χ4v) is 2.91. The summed E-state index contributed by atoms with van der Waals surface area (Å²) in [6.45, 7) is 4.55. The van der Waals surface area contributed by atoms with Gasteiger partial charge in [0.1, 0.15) is 17.6 Å². The molecule has 112 valence electrons. The summed E-state index contributed by atoms with van der Waals surface area (Å²) in [7, 11) is 0.805. The third-order valence-corrected chi connectivity index (χ3v) is 4.11. The first kappa shape index (κ1) is 14.1. The maximum absolute atomic E-state index is 6.08. The van der Waals surface area contributed by atoms with Crippen LogP contribution in [0.25, 0.3) is 0 Å². The van der Waals surface area contributed by atoms with E-state index in [1.165, 1.54) is 11.8 Å². The average Bonchev–Trinajstić information content (AvgIpc) is 2.47. The number of hydrogen-bond acceptors (Lipinski definition) is 5. The van der Waals surface area contributed by atoms with Gasteiger partial charge in [0, 0.05) is 37.1 Å². The molecule has 0 radical (unpaired) electrons. The van der Waals surface area contributed by atoms with Crippen LogP contribution in [-0.4, -0.2) is 38.1 Å². The molecule has 3 rings (SSSR count). The molecule has 5 nitrogen and oxygen atoms in total. The maximum Gasteiger partial charge on any atom is 0.340 e. The lowest BCUT2D eigenvalue weighted by molar-refractivity contribution is 0.0257. The minimum Gasteiger partial charge on any atom is -0.564 e. The lowest BCUT2D eigenvalue weighted by atomic mass is 9.85. The zero-order valence-corrected chi connectivity index (χ0v) is 12.5. The fraction of sp³-hybridized carbons (Fsp3) is 0.467. The number of likely N-dealkylation sites (tertiary alicyclic amines) is 1. The molecule has 0 atom stereocenters. The van der Waals surface area contributed by atoms with Crippen LogP contribution in [0.2, 0.25) is 6.32 Å². The van der Waals surface area contributed by atoms with E-state index in [2.05, 4.69) is 24.0 Å². The van der Waals surface area contributed by atoms with Crippen molar-refractivity contribution in [1.82, 2.24) is 4.90 Å². The molecule has 21 heavy (non-hydrogen) atoms. The lowest BCUT2D eigenvalue weighted by Crippen LogP contribution is -2.54. The molecule has 0 aliphatic carbocycles. The zero-order chi connectivity index (χ0) is 14.8. The van der Waals surface area contributed by atoms with Gasteiger partial charge < -0.3 is 20.9 Å². The van der Waals surface area contributed by atoms with Gasteiger partial charge in [-0.25, -0.2) is 0 Å². The molecule has 2 heterocycles. The Balaban J connectivity index is 1.60. The van der Waals surface area contributed by atoms with Gasteiger partial charge in [-0.3, -0.25) is 4.90 Å². The highest BCUT2D eigenvalue weighted by molar-refractivity contribution is 6.29. The fourth-order valence-electron chi connectivity index (χ4n) is 2.91. The van der Waals surface area contributed by atoms with Crippen LogP contribution in [0.1, 0.15) is 11.1 Å². The zero-order valence-electron chi connectivity index (χ0n) is 12.5. The molecule has 4 N–H and O–H groups in total. The van der Waals surface area contributed by atoms with Crippen molar-refractivity contribution in [1.29, 1.82) is 0 Å². The Morgan fingerprint density at radius 1 is 1.52 bits per heavy atom. The normalized spacial score (nSPS) is 19.2. The van der Waals surface area contributed by atoms with Crippen LogP contribution < -0.4 is 20.9 Å². The van der Waals surface area contributed by atoms with E-state index in [0.717, 1.165) is 50.4 Å². The van der Waals surface area contributed by atoms with Gasteiger partial charge in [0.2, 0.25) is 0 Å². The maximum atomic E-state index is 6.08. The van der Waals surface area contributed by atoms with Gasteiger partial charge in [-0.2, -0.15) is 0 Å². The van der Waals surface area contributed by atoms with Gasteiger partial charge in [0.25, 0.3) is 0 Å². The third kappa shape index (κ3) is 2.95. The Hall–Kier alpha value is -1.82. The largest absolute Gasteiger partial charge is 0.564 e. The molecular formula is C15H22BN3O2. The predicted molar refractivity (Wildman–Crippen MR) is 84.8 cm³/mol. The Kier molecular flexibility index (Phi) is 3.97. The van der Waals surface area contributed by atoms with Crippen molar-refractivity contribution in [2.45, 2.75) is 25.8 Å². The van der Waals surface area contributed by atoms with E-state index >= 15 is 0 Å². The molecule has 0 unspecified atom stereocenters. The number of nitrogens with zero attached hydrogens (tertiary/aromatic N) is 1. The van der Waals surface area contributed by atoms with Crippen LogP contribution >= 0.6 is 0 Å². The summed E-state index contributed by atoms with van der Waals surface area (Å²) in [5.74, 6) is 1.95. The second kappa shape index (κ2) is 5.89. The van der Waals surface area contributed by atoms with E-state index in [1.54, 1.807) is 0 Å². The quantitative estimate of drug-likeness (QED) is 0.790. The highest BCUT2D eigenvalue weighted by Crippen LogP contribution is 2.35. The minimum absolute atomic E-state index is 0.218. The van der Waals surface area contributed by atoms with Gasteiger partial charge in [0.15, 0.2) is 0 Å². The number of nitrogens with two attached hydrogens (primary N) is 2. The Bertz CT molecular complexity index is 556. The van der Waals surface area contributed by atoms with Crippen molar-refractivity contribution < 1.29 is 9.39 Å². The number of ether oxygens (including phenoxy) is 1. The van der Waals surface area contributed by atoms with Gasteiger partial charge in [-0.05, 0) is 31.3 Å². The molecular weight excluding hydrogens is 265 g/mol. The van der Waals surface area contributed by atoms with Crippen molar-refractivity contribution >= 4 is 7.48 Å². The molecule has 0 amide bonds. The van der Waals surface area contributed by atoms with Gasteiger partial charge >= 0.3 is 7.48 Å². The van der Waals surface area contributed by atoms with E-state index in [9.17, 15) is 0 Å². The van der Waals surface area contributed by atoms with E-state index < -0.39 is 0 Å². The smallest absolute Gasteiger partial charge is 0.340 e. The predicted octanol–water partition coefficient (Wildman–Crippen LogP) is 0.522. The summed E-state index contributed by atoms with van der Waals surface area (Å²) in [6.07, 6.45) is 3.87. The number of aryl methyl sites for hydroxylation is 1. The number of hydrogen-bond donors (Lipinski definition) is 2. The monoisotopic (exact) mass is 287 g/mol. The molecule has 0 aromatic heterocycles. The topological polar surface area (TPSA) is 73.7 Å². The summed E-state index contributed by atoms with van der Waals surface area (Å²) in [5, 5.41) is 0. The number of fused-ring (bicyclic) bond motifs is 1. The summed E-state index contributed by atoms with van der Waals surface area (Å²) >= 11 is 0. The molecule has 6 heteroatoms. The van der Waals surface area contributed by atoms with Crippen LogP contribution in [0, 0.1) is 6.92 Å². The summed E-state index contributed by atoms with van der Waals surface area (Å²) in [5.41, 5.74) is 14.2. The molecule has 2 aliphatic rings. The SMILES string of the molecule is Cc1c(OC2CN(C/C(N)=C/N)C2)ccc2c1OBCC2. The lowest BCUT2D eigenvalue weighted by Gasteiger charge is -2.39. The molecule has 1 fully saturated rings. The summed E-state index contributed by atoms with van der Waals surface area (Å²) in [4.78, 5) is 2.22. The average molecular weight is 287 g/mol. The highest BCUT2D eigenvalue weighted by Gasteiger charge is 2.29. The van der Waals surface area contributed by atoms with Crippen molar-refractivity contribution in [3.8, 4) is 11.5 Å². The van der Waals surface area contributed by atoms with E-state index in [4.69, 9.17) is 20.9 Å². The van der Waals surface area contributed by atoms with Crippen LogP contribution in [0.5, 0.6) is 11.5 Å². The number of benzene rings is 1. The molecule has 1 aromatic rings. The number of rotatable bonds is 4. The van der Waals surface area contributed by atoms with Gasteiger partial charge in [-0.15, -0.1) is 0 Å². The Labute approximate surface area is 126 Å². The third-order valence-electron chi connectivity index (χ3n) is 4.11. The van der Waals surface area contributed by atoms with Crippen molar-refractivity contribution in [2.24, 2.45) is 11.5 Å². The van der Waals surface area contributed by atoms with E-state index in [-0.39, 0.29) is 6.10 Å². The summed E-state index contributed by atoms with van der Waals surface area (Å²) in [6, 6.07) is 4.20. The molecule has 0 saturated carbocycles. The summed E-state index contributed by atoms with van der Waals surface area (Å²) < 4.78 is 11.9. The molecule has 0 bridgehead atoms. The Morgan fingerprint density at radius 2 is 2.33 bits per heavy atom. The van der Waals surface area contributed by atoms with Crippen molar-refractivity contribution in [3.05, 3.63) is 35.2 Å². The van der Waals surface area contributed by atoms with Crippen molar-refractivity contribution in [2.75, 3.05) is 19.6 Å². The molecule has 1 saturated heterocycles. The second-order valence-corrected chi connectivity index (χ2v) is 5.80.